The predicted octanol–water partition coefficient (Wildman–Crippen LogP) is 8.50. The summed E-state index contributed by atoms with van der Waals surface area (Å²) in [5, 5.41) is 1.23. The molecule has 3 aromatic carbocycles. The Hall–Kier alpha value is -1.35. The van der Waals surface area contributed by atoms with Crippen LogP contribution < -0.4 is 9.64 Å². The number of carbonyl (C=O) groups excluding carboxylic acids is 1. The second-order valence-electron chi connectivity index (χ2n) is 6.73. The van der Waals surface area contributed by atoms with E-state index in [0.717, 1.165) is 20.1 Å². The second kappa shape index (κ2) is 10.3. The molecular weight excluding hydrogens is 617 g/mol. The quantitative estimate of drug-likeness (QED) is 0.209. The van der Waals surface area contributed by atoms with Crippen molar-refractivity contribution in [1.82, 2.24) is 0 Å². The van der Waals surface area contributed by atoms with Crippen molar-refractivity contribution in [2.24, 2.45) is 0 Å². The lowest BCUT2D eigenvalue weighted by molar-refractivity contribution is -0.113. The molecule has 0 aromatic heterocycles. The number of rotatable bonds is 5. The molecule has 0 bridgehead atoms. The van der Waals surface area contributed by atoms with Gasteiger partial charge in [-0.3, -0.25) is 9.69 Å². The first-order valence-electron chi connectivity index (χ1n) is 9.21. The second-order valence-corrected chi connectivity index (χ2v) is 11.0. The SMILES string of the molecule is O=C1/C(=C/c2cc(Br)c(OCc3ccc(Cl)cc3)c(Br)c2)SC(=S)N1c1cccc(Cl)c1. The Morgan fingerprint density at radius 3 is 2.34 bits per heavy atom. The van der Waals surface area contributed by atoms with Gasteiger partial charge in [-0.15, -0.1) is 0 Å². The lowest BCUT2D eigenvalue weighted by Gasteiger charge is -2.14. The van der Waals surface area contributed by atoms with Gasteiger partial charge in [0.05, 0.1) is 19.5 Å². The van der Waals surface area contributed by atoms with E-state index in [4.69, 9.17) is 40.2 Å². The van der Waals surface area contributed by atoms with Crippen molar-refractivity contribution in [2.75, 3.05) is 4.90 Å². The fourth-order valence-electron chi connectivity index (χ4n) is 2.99. The molecule has 1 aliphatic rings. The summed E-state index contributed by atoms with van der Waals surface area (Å²) in [6, 6.07) is 18.3. The maximum atomic E-state index is 13.0. The van der Waals surface area contributed by atoms with Gasteiger partial charge in [0, 0.05) is 10.0 Å². The van der Waals surface area contributed by atoms with Crippen molar-refractivity contribution >= 4 is 101 Å². The predicted molar refractivity (Wildman–Crippen MR) is 145 cm³/mol. The number of halogens is 4. The molecule has 0 spiro atoms. The highest BCUT2D eigenvalue weighted by molar-refractivity contribution is 9.11. The fraction of sp³-hybridized carbons (Fsp3) is 0.0435. The lowest BCUT2D eigenvalue weighted by atomic mass is 10.2. The van der Waals surface area contributed by atoms with Crippen molar-refractivity contribution in [3.05, 3.63) is 95.7 Å². The van der Waals surface area contributed by atoms with Gasteiger partial charge in [0.2, 0.25) is 0 Å². The summed E-state index contributed by atoms with van der Waals surface area (Å²) in [7, 11) is 0. The first-order chi connectivity index (χ1) is 15.3. The Balaban J connectivity index is 1.54. The molecule has 1 amide bonds. The number of nitrogens with zero attached hydrogens (tertiary/aromatic N) is 1. The highest BCUT2D eigenvalue weighted by Gasteiger charge is 2.33. The molecule has 0 unspecified atom stereocenters. The number of carbonyl (C=O) groups is 1. The zero-order chi connectivity index (χ0) is 22.8. The van der Waals surface area contributed by atoms with E-state index >= 15 is 0 Å². The molecule has 0 N–H and O–H groups in total. The molecule has 32 heavy (non-hydrogen) atoms. The van der Waals surface area contributed by atoms with Crippen molar-refractivity contribution in [3.63, 3.8) is 0 Å². The minimum absolute atomic E-state index is 0.183. The lowest BCUT2D eigenvalue weighted by Crippen LogP contribution is -2.27. The summed E-state index contributed by atoms with van der Waals surface area (Å²) in [6.45, 7) is 0.395. The number of anilines is 1. The molecule has 0 saturated carbocycles. The van der Waals surface area contributed by atoms with E-state index in [-0.39, 0.29) is 5.91 Å². The number of benzene rings is 3. The molecule has 0 aliphatic carbocycles. The van der Waals surface area contributed by atoms with Crippen molar-refractivity contribution in [1.29, 1.82) is 0 Å². The monoisotopic (exact) mass is 627 g/mol. The normalized spacial score (nSPS) is 15.0. The van der Waals surface area contributed by atoms with Crippen LogP contribution in [0, 0.1) is 0 Å². The highest BCUT2D eigenvalue weighted by atomic mass is 79.9. The number of thiocarbonyl (C=S) groups is 1. The van der Waals surface area contributed by atoms with E-state index in [0.29, 0.717) is 37.3 Å². The van der Waals surface area contributed by atoms with Crippen LogP contribution >= 0.6 is 79.0 Å². The average Bonchev–Trinajstić information content (AvgIpc) is 3.01. The molecule has 0 radical (unpaired) electrons. The summed E-state index contributed by atoms with van der Waals surface area (Å²) in [4.78, 5) is 15.0. The van der Waals surface area contributed by atoms with Crippen LogP contribution in [0.3, 0.4) is 0 Å². The minimum Gasteiger partial charge on any atom is -0.487 e. The smallest absolute Gasteiger partial charge is 0.270 e. The molecule has 9 heteroatoms. The minimum atomic E-state index is -0.183. The van der Waals surface area contributed by atoms with Crippen LogP contribution in [0.4, 0.5) is 5.69 Å². The van der Waals surface area contributed by atoms with Crippen LogP contribution in [0.25, 0.3) is 6.08 Å². The van der Waals surface area contributed by atoms with Crippen LogP contribution in [0.2, 0.25) is 10.0 Å². The van der Waals surface area contributed by atoms with Crippen LogP contribution in [-0.2, 0) is 11.4 Å². The van der Waals surface area contributed by atoms with Gasteiger partial charge in [0.25, 0.3) is 5.91 Å². The van der Waals surface area contributed by atoms with Crippen LogP contribution in [0.5, 0.6) is 5.75 Å². The zero-order valence-corrected chi connectivity index (χ0v) is 22.5. The standard InChI is InChI=1S/C23H13Br2Cl2NO2S2/c24-18-8-14(9-19(25)21(18)30-12-13-4-6-15(26)7-5-13)10-20-22(29)28(23(31)32-20)17-3-1-2-16(27)11-17/h1-11H,12H2/b20-10-. The van der Waals surface area contributed by atoms with Gasteiger partial charge in [-0.1, -0.05) is 65.4 Å². The Morgan fingerprint density at radius 1 is 1.00 bits per heavy atom. The van der Waals surface area contributed by atoms with E-state index in [1.54, 1.807) is 24.3 Å². The Morgan fingerprint density at radius 2 is 1.69 bits per heavy atom. The summed E-state index contributed by atoms with van der Waals surface area (Å²) >= 11 is 25.8. The Kier molecular flexibility index (Phi) is 7.65. The zero-order valence-electron chi connectivity index (χ0n) is 16.2. The molecular formula is C23H13Br2Cl2NO2S2. The van der Waals surface area contributed by atoms with Gasteiger partial charge in [-0.25, -0.2) is 0 Å². The summed E-state index contributed by atoms with van der Waals surface area (Å²) in [5.74, 6) is 0.487. The maximum Gasteiger partial charge on any atom is 0.270 e. The van der Waals surface area contributed by atoms with Gasteiger partial charge in [0.1, 0.15) is 12.4 Å². The molecule has 1 fully saturated rings. The van der Waals surface area contributed by atoms with E-state index in [1.165, 1.54) is 16.7 Å². The van der Waals surface area contributed by atoms with Gasteiger partial charge in [0.15, 0.2) is 4.32 Å². The van der Waals surface area contributed by atoms with E-state index in [1.807, 2.05) is 42.5 Å². The molecule has 0 atom stereocenters. The van der Waals surface area contributed by atoms with Gasteiger partial charge in [-0.05, 0) is 91.5 Å². The highest BCUT2D eigenvalue weighted by Crippen LogP contribution is 2.39. The molecule has 3 aromatic rings. The van der Waals surface area contributed by atoms with Crippen molar-refractivity contribution in [3.8, 4) is 5.75 Å². The first-order valence-corrected chi connectivity index (χ1v) is 12.8. The van der Waals surface area contributed by atoms with Crippen molar-refractivity contribution < 1.29 is 9.53 Å². The first kappa shape index (κ1) is 23.8. The van der Waals surface area contributed by atoms with E-state index < -0.39 is 0 Å². The number of ether oxygens (including phenoxy) is 1. The summed E-state index contributed by atoms with van der Waals surface area (Å²) < 4.78 is 7.96. The molecule has 1 saturated heterocycles. The van der Waals surface area contributed by atoms with Crippen LogP contribution in [0.1, 0.15) is 11.1 Å². The van der Waals surface area contributed by atoms with Crippen LogP contribution in [-0.4, -0.2) is 10.2 Å². The summed E-state index contributed by atoms with van der Waals surface area (Å²) in [6.07, 6.45) is 1.81. The third-order valence-electron chi connectivity index (χ3n) is 4.47. The molecule has 162 valence electrons. The van der Waals surface area contributed by atoms with Crippen LogP contribution in [0.15, 0.2) is 74.5 Å². The maximum absolute atomic E-state index is 13.0. The summed E-state index contributed by atoms with van der Waals surface area (Å²) in [5.41, 5.74) is 2.48. The van der Waals surface area contributed by atoms with Gasteiger partial charge >= 0.3 is 0 Å². The van der Waals surface area contributed by atoms with E-state index in [9.17, 15) is 4.79 Å². The number of hydrogen-bond acceptors (Lipinski definition) is 4. The van der Waals surface area contributed by atoms with Crippen molar-refractivity contribution in [2.45, 2.75) is 6.61 Å². The third kappa shape index (κ3) is 5.41. The van der Waals surface area contributed by atoms with Gasteiger partial charge in [-0.2, -0.15) is 0 Å². The number of amides is 1. The topological polar surface area (TPSA) is 29.5 Å². The average molecular weight is 630 g/mol. The number of thioether (sulfide) groups is 1. The fourth-order valence-corrected chi connectivity index (χ4v) is 6.05. The Bertz CT molecular complexity index is 1230. The third-order valence-corrected chi connectivity index (χ3v) is 7.44. The molecule has 4 rings (SSSR count). The largest absolute Gasteiger partial charge is 0.487 e. The Labute approximate surface area is 222 Å². The molecule has 3 nitrogen and oxygen atoms in total. The number of hydrogen-bond donors (Lipinski definition) is 0. The van der Waals surface area contributed by atoms with Gasteiger partial charge < -0.3 is 4.74 Å². The van der Waals surface area contributed by atoms with E-state index in [2.05, 4.69) is 31.9 Å². The molecule has 1 aliphatic heterocycles. The molecule has 1 heterocycles.